The van der Waals surface area contributed by atoms with Gasteiger partial charge in [-0.2, -0.15) is 0 Å². The standard InChI is InChI=1S/C18H31NO2/c1-7-13-19-17(18(5,8-2)20-6)15-9-11-16(12-10-15)21-14(3)4/h9-12,14,17,19H,7-8,13H2,1-6H3. The summed E-state index contributed by atoms with van der Waals surface area (Å²) in [5.41, 5.74) is 1.03. The van der Waals surface area contributed by atoms with Gasteiger partial charge in [-0.15, -0.1) is 0 Å². The Morgan fingerprint density at radius 2 is 1.76 bits per heavy atom. The fraction of sp³-hybridized carbons (Fsp3) is 0.667. The fourth-order valence-corrected chi connectivity index (χ4v) is 2.45. The molecule has 0 bridgehead atoms. The van der Waals surface area contributed by atoms with Crippen LogP contribution in [0.2, 0.25) is 0 Å². The third kappa shape index (κ3) is 5.01. The van der Waals surface area contributed by atoms with Crippen LogP contribution in [0.25, 0.3) is 0 Å². The highest BCUT2D eigenvalue weighted by atomic mass is 16.5. The number of benzene rings is 1. The minimum atomic E-state index is -0.213. The van der Waals surface area contributed by atoms with E-state index in [-0.39, 0.29) is 17.7 Å². The molecule has 120 valence electrons. The molecule has 2 atom stereocenters. The van der Waals surface area contributed by atoms with Gasteiger partial charge in [0.2, 0.25) is 0 Å². The van der Waals surface area contributed by atoms with E-state index in [1.165, 1.54) is 5.56 Å². The molecular formula is C18H31NO2. The van der Waals surface area contributed by atoms with Gasteiger partial charge in [0.05, 0.1) is 17.7 Å². The van der Waals surface area contributed by atoms with Gasteiger partial charge in [0, 0.05) is 7.11 Å². The van der Waals surface area contributed by atoms with Crippen LogP contribution in [0.15, 0.2) is 24.3 Å². The highest BCUT2D eigenvalue weighted by molar-refractivity contribution is 5.30. The summed E-state index contributed by atoms with van der Waals surface area (Å²) in [6, 6.07) is 8.54. The van der Waals surface area contributed by atoms with Crippen molar-refractivity contribution in [3.05, 3.63) is 29.8 Å². The zero-order valence-corrected chi connectivity index (χ0v) is 14.4. The summed E-state index contributed by atoms with van der Waals surface area (Å²) in [7, 11) is 1.79. The van der Waals surface area contributed by atoms with E-state index in [4.69, 9.17) is 9.47 Å². The lowest BCUT2D eigenvalue weighted by Crippen LogP contribution is -2.43. The Morgan fingerprint density at radius 3 is 2.19 bits per heavy atom. The summed E-state index contributed by atoms with van der Waals surface area (Å²) < 4.78 is 11.5. The van der Waals surface area contributed by atoms with Crippen LogP contribution >= 0.6 is 0 Å². The SMILES string of the molecule is CCCNC(c1ccc(OC(C)C)cc1)C(C)(CC)OC. The Bertz CT molecular complexity index is 396. The molecule has 3 heteroatoms. The zero-order valence-electron chi connectivity index (χ0n) is 14.4. The predicted octanol–water partition coefficient (Wildman–Crippen LogP) is 4.33. The van der Waals surface area contributed by atoms with Gasteiger partial charge in [-0.25, -0.2) is 0 Å². The first-order valence-electron chi connectivity index (χ1n) is 8.02. The van der Waals surface area contributed by atoms with Crippen LogP contribution in [0, 0.1) is 0 Å². The summed E-state index contributed by atoms with van der Waals surface area (Å²) in [6.45, 7) is 11.6. The van der Waals surface area contributed by atoms with E-state index in [0.717, 1.165) is 25.1 Å². The molecule has 0 heterocycles. The minimum Gasteiger partial charge on any atom is -0.491 e. The van der Waals surface area contributed by atoms with Crippen molar-refractivity contribution in [2.24, 2.45) is 0 Å². The number of hydrogen-bond acceptors (Lipinski definition) is 3. The zero-order chi connectivity index (χ0) is 15.9. The maximum Gasteiger partial charge on any atom is 0.119 e. The summed E-state index contributed by atoms with van der Waals surface area (Å²) in [5, 5.41) is 3.62. The van der Waals surface area contributed by atoms with Crippen molar-refractivity contribution in [3.63, 3.8) is 0 Å². The molecule has 1 N–H and O–H groups in total. The predicted molar refractivity (Wildman–Crippen MR) is 88.9 cm³/mol. The molecule has 1 aromatic carbocycles. The van der Waals surface area contributed by atoms with E-state index in [1.807, 2.05) is 26.0 Å². The quantitative estimate of drug-likeness (QED) is 0.735. The van der Waals surface area contributed by atoms with Crippen molar-refractivity contribution in [2.45, 2.75) is 65.2 Å². The molecule has 0 saturated carbocycles. The van der Waals surface area contributed by atoms with Crippen LogP contribution in [-0.4, -0.2) is 25.4 Å². The smallest absolute Gasteiger partial charge is 0.119 e. The fourth-order valence-electron chi connectivity index (χ4n) is 2.45. The number of nitrogens with one attached hydrogen (secondary N) is 1. The Balaban J connectivity index is 2.97. The van der Waals surface area contributed by atoms with Crippen LogP contribution in [0.1, 0.15) is 59.1 Å². The molecule has 1 rings (SSSR count). The van der Waals surface area contributed by atoms with E-state index in [1.54, 1.807) is 7.11 Å². The van der Waals surface area contributed by atoms with Gasteiger partial charge in [-0.1, -0.05) is 26.0 Å². The molecular weight excluding hydrogens is 262 g/mol. The molecule has 2 unspecified atom stereocenters. The van der Waals surface area contributed by atoms with Crippen molar-refractivity contribution in [2.75, 3.05) is 13.7 Å². The minimum absolute atomic E-state index is 0.181. The van der Waals surface area contributed by atoms with Crippen molar-refractivity contribution < 1.29 is 9.47 Å². The lowest BCUT2D eigenvalue weighted by Gasteiger charge is -2.37. The first-order chi connectivity index (χ1) is 9.96. The Hall–Kier alpha value is -1.06. The molecule has 21 heavy (non-hydrogen) atoms. The van der Waals surface area contributed by atoms with E-state index in [2.05, 4.69) is 38.2 Å². The molecule has 0 radical (unpaired) electrons. The first kappa shape index (κ1) is 18.0. The van der Waals surface area contributed by atoms with Crippen LogP contribution in [-0.2, 0) is 4.74 Å². The van der Waals surface area contributed by atoms with Gasteiger partial charge in [-0.3, -0.25) is 0 Å². The van der Waals surface area contributed by atoms with Crippen LogP contribution < -0.4 is 10.1 Å². The van der Waals surface area contributed by atoms with Gasteiger partial charge >= 0.3 is 0 Å². The average Bonchev–Trinajstić information content (AvgIpc) is 2.48. The molecule has 0 fully saturated rings. The second-order valence-electron chi connectivity index (χ2n) is 5.99. The van der Waals surface area contributed by atoms with Crippen molar-refractivity contribution >= 4 is 0 Å². The second-order valence-corrected chi connectivity index (χ2v) is 5.99. The summed E-state index contributed by atoms with van der Waals surface area (Å²) in [4.78, 5) is 0. The van der Waals surface area contributed by atoms with Gasteiger partial charge in [-0.05, 0) is 57.9 Å². The molecule has 3 nitrogen and oxygen atoms in total. The monoisotopic (exact) mass is 293 g/mol. The largest absolute Gasteiger partial charge is 0.491 e. The lowest BCUT2D eigenvalue weighted by molar-refractivity contribution is -0.0299. The van der Waals surface area contributed by atoms with Crippen LogP contribution in [0.3, 0.4) is 0 Å². The van der Waals surface area contributed by atoms with Crippen molar-refractivity contribution in [1.82, 2.24) is 5.32 Å². The van der Waals surface area contributed by atoms with Gasteiger partial charge < -0.3 is 14.8 Å². The molecule has 0 aliphatic heterocycles. The number of hydrogen-bond donors (Lipinski definition) is 1. The Labute approximate surface area is 130 Å². The molecule has 0 aliphatic carbocycles. The van der Waals surface area contributed by atoms with Gasteiger partial charge in [0.1, 0.15) is 5.75 Å². The van der Waals surface area contributed by atoms with E-state index in [9.17, 15) is 0 Å². The number of ether oxygens (including phenoxy) is 2. The van der Waals surface area contributed by atoms with E-state index in [0.29, 0.717) is 0 Å². The highest BCUT2D eigenvalue weighted by Crippen LogP contribution is 2.32. The second kappa shape index (κ2) is 8.40. The molecule has 0 aliphatic rings. The third-order valence-electron chi connectivity index (χ3n) is 3.96. The number of methoxy groups -OCH3 is 1. The third-order valence-corrected chi connectivity index (χ3v) is 3.96. The summed E-state index contributed by atoms with van der Waals surface area (Å²) >= 11 is 0. The number of rotatable bonds is 9. The van der Waals surface area contributed by atoms with Gasteiger partial charge in [0.15, 0.2) is 0 Å². The Kier molecular flexibility index (Phi) is 7.20. The molecule has 0 aromatic heterocycles. The van der Waals surface area contributed by atoms with Gasteiger partial charge in [0.25, 0.3) is 0 Å². The molecule has 0 saturated heterocycles. The first-order valence-corrected chi connectivity index (χ1v) is 8.02. The Morgan fingerprint density at radius 1 is 1.14 bits per heavy atom. The summed E-state index contributed by atoms with van der Waals surface area (Å²) in [5.74, 6) is 0.915. The van der Waals surface area contributed by atoms with E-state index < -0.39 is 0 Å². The molecule has 1 aromatic rings. The normalized spacial score (nSPS) is 15.8. The molecule has 0 spiro atoms. The average molecular weight is 293 g/mol. The topological polar surface area (TPSA) is 30.5 Å². The maximum absolute atomic E-state index is 5.80. The molecule has 0 amide bonds. The van der Waals surface area contributed by atoms with Crippen LogP contribution in [0.5, 0.6) is 5.75 Å². The van der Waals surface area contributed by atoms with Crippen LogP contribution in [0.4, 0.5) is 0 Å². The maximum atomic E-state index is 5.80. The lowest BCUT2D eigenvalue weighted by atomic mass is 9.87. The van der Waals surface area contributed by atoms with Crippen molar-refractivity contribution in [1.29, 1.82) is 0 Å². The van der Waals surface area contributed by atoms with Crippen molar-refractivity contribution in [3.8, 4) is 5.75 Å². The summed E-state index contributed by atoms with van der Waals surface area (Å²) in [6.07, 6.45) is 2.26. The van der Waals surface area contributed by atoms with E-state index >= 15 is 0 Å². The highest BCUT2D eigenvalue weighted by Gasteiger charge is 2.33.